The highest BCUT2D eigenvalue weighted by Crippen LogP contribution is 2.54. The van der Waals surface area contributed by atoms with Gasteiger partial charge in [-0.1, -0.05) is 45.7 Å². The molecule has 4 saturated heterocycles. The molecular formula is C82H133ClN8O8. The smallest absolute Gasteiger partial charge is 0.410 e. The van der Waals surface area contributed by atoms with Crippen molar-refractivity contribution in [1.29, 1.82) is 10.5 Å². The number of nitrogens with zero attached hydrogens (tertiary/aromatic N) is 5. The van der Waals surface area contributed by atoms with Crippen LogP contribution < -0.4 is 30.6 Å². The molecule has 2 saturated carbocycles. The monoisotopic (exact) mass is 1390 g/mol. The number of pyridine rings is 1. The topological polar surface area (TPSA) is 210 Å². The molecule has 17 heteroatoms. The van der Waals surface area contributed by atoms with Crippen molar-refractivity contribution in [2.24, 2.45) is 34.8 Å². The van der Waals surface area contributed by atoms with E-state index < -0.39 is 5.60 Å². The number of amides is 1. The van der Waals surface area contributed by atoms with E-state index in [-0.39, 0.29) is 46.0 Å². The van der Waals surface area contributed by atoms with Gasteiger partial charge in [-0.05, 0) is 318 Å². The normalized spacial score (nSPS) is 21.3. The van der Waals surface area contributed by atoms with E-state index in [9.17, 15) is 9.90 Å². The van der Waals surface area contributed by atoms with E-state index in [4.69, 9.17) is 56.3 Å². The van der Waals surface area contributed by atoms with E-state index in [0.29, 0.717) is 56.7 Å². The largest absolute Gasteiger partial charge is 0.508 e. The van der Waals surface area contributed by atoms with Crippen LogP contribution >= 0.6 is 11.6 Å². The summed E-state index contributed by atoms with van der Waals surface area (Å²) in [5, 5.41) is 35.0. The number of piperidine rings is 3. The molecule has 1 aromatic heterocycles. The molecule has 4 atom stereocenters. The number of carbonyl (C=O) groups excluding carboxylic acids is 1. The Morgan fingerprint density at radius 3 is 1.62 bits per heavy atom. The first-order chi connectivity index (χ1) is 45.5. The first-order valence-corrected chi connectivity index (χ1v) is 37.0. The number of nitrogens with two attached hydrogens (primary N) is 1. The highest BCUT2D eigenvalue weighted by atomic mass is 35.5. The molecule has 0 spiro atoms. The Morgan fingerprint density at radius 2 is 1.16 bits per heavy atom. The van der Waals surface area contributed by atoms with Gasteiger partial charge >= 0.3 is 6.09 Å². The summed E-state index contributed by atoms with van der Waals surface area (Å²) in [5.41, 5.74) is 8.87. The Balaban J connectivity index is 0.000000248. The molecule has 3 aromatic carbocycles. The zero-order valence-electron chi connectivity index (χ0n) is 66.0. The number of nitriles is 2. The third kappa shape index (κ3) is 34.4. The van der Waals surface area contributed by atoms with Gasteiger partial charge in [0, 0.05) is 55.4 Å². The Kier molecular flexibility index (Phi) is 32.3. The number of ether oxygens (including phenoxy) is 6. The van der Waals surface area contributed by atoms with Gasteiger partial charge in [0.2, 0.25) is 0 Å². The van der Waals surface area contributed by atoms with Gasteiger partial charge in [-0.2, -0.15) is 10.5 Å². The molecule has 556 valence electrons. The summed E-state index contributed by atoms with van der Waals surface area (Å²) in [6.07, 6.45) is 12.8. The van der Waals surface area contributed by atoms with Crippen LogP contribution in [0.3, 0.4) is 0 Å². The van der Waals surface area contributed by atoms with Crippen molar-refractivity contribution in [3.63, 3.8) is 0 Å². The van der Waals surface area contributed by atoms with Crippen molar-refractivity contribution in [3.05, 3.63) is 88.6 Å². The average molecular weight is 1390 g/mol. The van der Waals surface area contributed by atoms with E-state index in [2.05, 4.69) is 143 Å². The molecule has 5 heterocycles. The van der Waals surface area contributed by atoms with Crippen molar-refractivity contribution < 1.29 is 38.3 Å². The minimum atomic E-state index is -0.421. The molecule has 6 fully saturated rings. The third-order valence-electron chi connectivity index (χ3n) is 17.0. The molecule has 16 nitrogen and oxygen atoms in total. The molecule has 2 aliphatic carbocycles. The molecule has 5 N–H and O–H groups in total. The fraction of sp³-hybridized carbons (Fsp3) is 0.707. The number of carbonyl (C=O) groups is 1. The van der Waals surface area contributed by atoms with Crippen LogP contribution in [0.2, 0.25) is 5.02 Å². The Hall–Kier alpha value is -5.43. The molecule has 10 rings (SSSR count). The summed E-state index contributed by atoms with van der Waals surface area (Å²) >= 11 is 5.94. The molecule has 4 aliphatic heterocycles. The number of likely N-dealkylation sites (tertiary alicyclic amines) is 2. The number of benzene rings is 3. The van der Waals surface area contributed by atoms with Crippen LogP contribution in [0.5, 0.6) is 23.0 Å². The predicted molar refractivity (Wildman–Crippen MR) is 407 cm³/mol. The minimum Gasteiger partial charge on any atom is -0.508 e. The SMILES string of the molecule is CC(C)(C)CC1CCNC1.CC(C)(C)OC(=O)N1CCC(OC(C)(C)C)CC1.CC(C)(C)OC1CCNCC1.CC(C)(C)Oc1cc(O)cc(C#N)c1.CC(C)(C)Oc1ccc(C#N)cc1Cl.CC(C)(C)Oc1ccc2nccc(C3CC(N)C3)c2c1.CCC1[C@H]2CN(C(C)(C)C)C[C@@H]12. The standard InChI is InChI=1S/C17H22N2O.C14H27NO3.C11H12ClNO.C11H13NO2.C11H21N.C9H19NO.C9H19N/c1-17(2,3)20-13-4-5-16-15(10-13)14(6-7-19-16)11-8-12(18)9-11;1-13(2,3)17-11-7-9-15(10-8-11)12(16)18-14(4,5)6;1-11(2,3)14-10-5-4-8(7-13)6-9(10)12;1-11(2,3)14-10-5-8(7-12)4-9(13)6-10;1-5-8-9-6-12(7-10(8)9)11(2,3)4;1-9(2,3)11-8-4-6-10-7-5-8;1-9(2,3)6-8-4-5-10-7-8/h4-7,10-12H,8-9,18H2,1-3H3;11H,7-10H2,1-6H3;4-6H,1-3H3;4-6,13H,1-3H3;8-10H,5-7H2,1-4H3;8,10H,4-7H2,1-3H3;8,10H,4-7H2,1-3H3/t;;;;8?,9-,10+;;. The number of phenols is 1. The second-order valence-corrected chi connectivity index (χ2v) is 36.3. The van der Waals surface area contributed by atoms with Crippen LogP contribution in [0, 0.1) is 51.7 Å². The summed E-state index contributed by atoms with van der Waals surface area (Å²) in [6, 6.07) is 22.1. The maximum absolute atomic E-state index is 11.9. The number of halogens is 1. The second-order valence-electron chi connectivity index (χ2n) is 35.9. The quantitative estimate of drug-likeness (QED) is 0.129. The lowest BCUT2D eigenvalue weighted by Gasteiger charge is -2.36. The molecule has 2 unspecified atom stereocenters. The van der Waals surface area contributed by atoms with Crippen LogP contribution in [0.25, 0.3) is 10.9 Å². The highest BCUT2D eigenvalue weighted by Gasteiger charge is 2.55. The van der Waals surface area contributed by atoms with Crippen LogP contribution in [0.15, 0.2) is 66.9 Å². The van der Waals surface area contributed by atoms with Crippen molar-refractivity contribution >= 4 is 28.6 Å². The van der Waals surface area contributed by atoms with Crippen LogP contribution in [-0.4, -0.2) is 136 Å². The van der Waals surface area contributed by atoms with Crippen molar-refractivity contribution in [3.8, 4) is 35.1 Å². The lowest BCUT2D eigenvalue weighted by molar-refractivity contribution is -0.0823. The lowest BCUT2D eigenvalue weighted by atomic mass is 9.75. The van der Waals surface area contributed by atoms with Gasteiger partial charge < -0.3 is 54.8 Å². The van der Waals surface area contributed by atoms with Crippen LogP contribution in [0.1, 0.15) is 253 Å². The number of nitrogens with one attached hydrogen (secondary N) is 2. The molecule has 0 radical (unpaired) electrons. The lowest BCUT2D eigenvalue weighted by Crippen LogP contribution is -2.44. The van der Waals surface area contributed by atoms with Crippen molar-refractivity contribution in [2.75, 3.05) is 52.4 Å². The first-order valence-electron chi connectivity index (χ1n) is 36.7. The summed E-state index contributed by atoms with van der Waals surface area (Å²) in [7, 11) is 0. The van der Waals surface area contributed by atoms with Gasteiger partial charge in [0.25, 0.3) is 0 Å². The molecular weight excluding hydrogens is 1260 g/mol. The van der Waals surface area contributed by atoms with Crippen LogP contribution in [0.4, 0.5) is 4.79 Å². The van der Waals surface area contributed by atoms with E-state index >= 15 is 0 Å². The van der Waals surface area contributed by atoms with E-state index in [1.807, 2.05) is 92.8 Å². The number of phenolic OH excluding ortho intramolecular Hbond substituents is 1. The van der Waals surface area contributed by atoms with Crippen molar-refractivity contribution in [2.45, 2.75) is 294 Å². The number of rotatable bonds is 8. The fourth-order valence-corrected chi connectivity index (χ4v) is 13.1. The van der Waals surface area contributed by atoms with Crippen LogP contribution in [-0.2, 0) is 14.2 Å². The van der Waals surface area contributed by atoms with Gasteiger partial charge in [-0.15, -0.1) is 0 Å². The number of hydrogen-bond donors (Lipinski definition) is 4. The summed E-state index contributed by atoms with van der Waals surface area (Å²) in [5.74, 6) is 6.80. The van der Waals surface area contributed by atoms with Crippen molar-refractivity contribution in [1.82, 2.24) is 25.4 Å². The van der Waals surface area contributed by atoms with Gasteiger partial charge in [0.15, 0.2) is 0 Å². The highest BCUT2D eigenvalue weighted by molar-refractivity contribution is 6.32. The Bertz CT molecular complexity index is 3160. The minimum absolute atomic E-state index is 0.0298. The third-order valence-corrected chi connectivity index (χ3v) is 17.3. The zero-order chi connectivity index (χ0) is 74.7. The maximum atomic E-state index is 11.9. The predicted octanol–water partition coefficient (Wildman–Crippen LogP) is 18.6. The Morgan fingerprint density at radius 1 is 0.626 bits per heavy atom. The molecule has 6 aliphatic rings. The number of aromatic hydroxyl groups is 1. The second kappa shape index (κ2) is 37.1. The van der Waals surface area contributed by atoms with E-state index in [1.165, 1.54) is 68.5 Å². The average Bonchev–Trinajstić information content (AvgIpc) is 1.72. The number of hydrogen-bond acceptors (Lipinski definition) is 15. The van der Waals surface area contributed by atoms with E-state index in [1.54, 1.807) is 29.2 Å². The van der Waals surface area contributed by atoms with Gasteiger partial charge in [0.05, 0.1) is 57.2 Å². The summed E-state index contributed by atoms with van der Waals surface area (Å²) in [4.78, 5) is 20.7. The molecule has 1 amide bonds. The maximum Gasteiger partial charge on any atom is 0.410 e. The number of fused-ring (bicyclic) bond motifs is 2. The zero-order valence-corrected chi connectivity index (χ0v) is 66.7. The van der Waals surface area contributed by atoms with Gasteiger partial charge in [-0.3, -0.25) is 9.88 Å². The fourth-order valence-electron chi connectivity index (χ4n) is 12.8. The van der Waals surface area contributed by atoms with E-state index in [0.717, 1.165) is 99.6 Å². The molecule has 4 aromatic rings. The van der Waals surface area contributed by atoms with Gasteiger partial charge in [-0.25, -0.2) is 4.79 Å². The van der Waals surface area contributed by atoms with Gasteiger partial charge in [0.1, 0.15) is 45.4 Å². The Labute approximate surface area is 604 Å². The summed E-state index contributed by atoms with van der Waals surface area (Å²) in [6.45, 7) is 61.1. The molecule has 99 heavy (non-hydrogen) atoms. The summed E-state index contributed by atoms with van der Waals surface area (Å²) < 4.78 is 34.2. The molecule has 0 bridgehead atoms. The number of aromatic nitrogens is 1. The first kappa shape index (κ1) is 86.0.